The van der Waals surface area contributed by atoms with E-state index in [0.29, 0.717) is 65.2 Å². The lowest BCUT2D eigenvalue weighted by atomic mass is 10.1. The highest BCUT2D eigenvalue weighted by Gasteiger charge is 2.17. The molecule has 220 valence electrons. The van der Waals surface area contributed by atoms with Crippen LogP contribution in [0.15, 0.2) is 48.7 Å². The van der Waals surface area contributed by atoms with Crippen molar-refractivity contribution >= 4 is 74.0 Å². The minimum atomic E-state index is -0.473. The highest BCUT2D eigenvalue weighted by atomic mass is 127. The number of nitrogens with one attached hydrogen (secondary N) is 3. The Kier molecular flexibility index (Phi) is 12.2. The smallest absolute Gasteiger partial charge is 0.255 e. The van der Waals surface area contributed by atoms with Crippen molar-refractivity contribution in [2.75, 3.05) is 58.6 Å². The van der Waals surface area contributed by atoms with Gasteiger partial charge in [0.15, 0.2) is 5.82 Å². The number of carbonyl (C=O) groups is 2. The molecule has 0 saturated carbocycles. The topological polar surface area (TPSA) is 95.0 Å². The van der Waals surface area contributed by atoms with Crippen LogP contribution in [0.25, 0.3) is 22.6 Å². The molecule has 2 amide bonds. The highest BCUT2D eigenvalue weighted by molar-refractivity contribution is 7.95. The summed E-state index contributed by atoms with van der Waals surface area (Å²) < 4.78 is 16.8. The molecular formula is C28H32Cl2FIN6O2S. The molecule has 13 heteroatoms. The third-order valence-electron chi connectivity index (χ3n) is 6.34. The first-order valence-electron chi connectivity index (χ1n) is 12.7. The number of hydrogen-bond acceptors (Lipinski definition) is 4. The third-order valence-corrected chi connectivity index (χ3v) is 7.70. The number of anilines is 3. The molecule has 0 spiro atoms. The molecule has 4 aromatic rings. The number of imidazole rings is 1. The molecule has 2 aromatic carbocycles. The molecule has 0 radical (unpaired) electrons. The Morgan fingerprint density at radius 2 is 1.78 bits per heavy atom. The van der Waals surface area contributed by atoms with Gasteiger partial charge in [0.05, 0.1) is 47.0 Å². The fraction of sp³-hybridized carbons (Fsp3) is 0.321. The van der Waals surface area contributed by atoms with Crippen LogP contribution in [-0.2, 0) is 22.7 Å². The second-order valence-corrected chi connectivity index (χ2v) is 12.6. The summed E-state index contributed by atoms with van der Waals surface area (Å²) in [5.41, 5.74) is 3.97. The van der Waals surface area contributed by atoms with Crippen LogP contribution in [-0.4, -0.2) is 69.5 Å². The van der Waals surface area contributed by atoms with E-state index in [1.807, 2.05) is 23.7 Å². The van der Waals surface area contributed by atoms with Crippen LogP contribution in [0.4, 0.5) is 21.5 Å². The molecule has 41 heavy (non-hydrogen) atoms. The molecule has 0 aliphatic rings. The molecule has 3 N–H and O–H groups in total. The molecule has 2 heterocycles. The van der Waals surface area contributed by atoms with E-state index in [0.717, 1.165) is 17.0 Å². The van der Waals surface area contributed by atoms with Gasteiger partial charge in [0.2, 0.25) is 5.91 Å². The predicted octanol–water partition coefficient (Wildman–Crippen LogP) is 2.45. The van der Waals surface area contributed by atoms with Crippen molar-refractivity contribution in [2.24, 2.45) is 7.05 Å². The minimum Gasteiger partial charge on any atom is -1.00 e. The van der Waals surface area contributed by atoms with Crippen LogP contribution in [0.5, 0.6) is 0 Å². The molecule has 2 aromatic heterocycles. The van der Waals surface area contributed by atoms with Gasteiger partial charge in [-0.25, -0.2) is 9.37 Å². The lowest BCUT2D eigenvalue weighted by Gasteiger charge is -2.23. The summed E-state index contributed by atoms with van der Waals surface area (Å²) >= 11 is 11.7. The van der Waals surface area contributed by atoms with Gasteiger partial charge in [0, 0.05) is 49.3 Å². The molecule has 0 aliphatic carbocycles. The number of aromatic amines is 1. The number of hydrogen-bond donors (Lipinski definition) is 3. The van der Waals surface area contributed by atoms with Crippen molar-refractivity contribution in [2.45, 2.75) is 6.42 Å². The van der Waals surface area contributed by atoms with Crippen LogP contribution in [0.2, 0.25) is 0 Å². The number of aromatic nitrogens is 3. The van der Waals surface area contributed by atoms with E-state index in [1.165, 1.54) is 6.07 Å². The molecule has 0 saturated heterocycles. The molecule has 0 atom stereocenters. The van der Waals surface area contributed by atoms with Crippen molar-refractivity contribution in [1.82, 2.24) is 14.5 Å². The van der Waals surface area contributed by atoms with Crippen LogP contribution in [0.1, 0.15) is 16.8 Å². The van der Waals surface area contributed by atoms with Gasteiger partial charge in [0.25, 0.3) is 5.91 Å². The zero-order valence-electron chi connectivity index (χ0n) is 22.9. The van der Waals surface area contributed by atoms with E-state index in [1.54, 1.807) is 35.4 Å². The van der Waals surface area contributed by atoms with Crippen molar-refractivity contribution in [3.8, 4) is 11.5 Å². The van der Waals surface area contributed by atoms with E-state index in [-0.39, 0.29) is 46.7 Å². The lowest BCUT2D eigenvalue weighted by molar-refractivity contribution is -0.115. The number of nitrogens with zero attached hydrogens (tertiary/aromatic N) is 3. The predicted molar refractivity (Wildman–Crippen MR) is 166 cm³/mol. The summed E-state index contributed by atoms with van der Waals surface area (Å²) in [7, 11) is 2.09. The van der Waals surface area contributed by atoms with E-state index < -0.39 is 5.82 Å². The summed E-state index contributed by atoms with van der Waals surface area (Å²) in [5, 5.41) is 5.67. The van der Waals surface area contributed by atoms with E-state index in [9.17, 15) is 14.0 Å². The Labute approximate surface area is 268 Å². The Bertz CT molecular complexity index is 1510. The molecule has 0 fully saturated rings. The summed E-state index contributed by atoms with van der Waals surface area (Å²) in [5.74, 6) is 1.31. The maximum Gasteiger partial charge on any atom is 0.255 e. The van der Waals surface area contributed by atoms with Gasteiger partial charge in [-0.2, -0.15) is 0 Å². The highest BCUT2D eigenvalue weighted by Crippen LogP contribution is 2.27. The SMILES string of the molecule is Cn1c(-c2cc(NC(=O)CC[S+](C)C)c[nH]2)nc2cc(C(=O)Nc3ccc(N(CCCl)CCCl)c(F)c3)ccc21.[I-]. The zero-order valence-corrected chi connectivity index (χ0v) is 27.4. The van der Waals surface area contributed by atoms with Crippen LogP contribution >= 0.6 is 23.2 Å². The fourth-order valence-electron chi connectivity index (χ4n) is 4.30. The van der Waals surface area contributed by atoms with Gasteiger partial charge in [-0.05, 0) is 53.4 Å². The van der Waals surface area contributed by atoms with Crippen LogP contribution < -0.4 is 39.5 Å². The van der Waals surface area contributed by atoms with Crippen LogP contribution in [0.3, 0.4) is 0 Å². The van der Waals surface area contributed by atoms with Gasteiger partial charge in [-0.3, -0.25) is 9.59 Å². The molecule has 0 aliphatic heterocycles. The summed E-state index contributed by atoms with van der Waals surface area (Å²) in [6, 6.07) is 11.6. The van der Waals surface area contributed by atoms with Crippen molar-refractivity contribution < 1.29 is 38.0 Å². The number of benzene rings is 2. The number of carbonyl (C=O) groups excluding carboxylic acids is 2. The van der Waals surface area contributed by atoms with E-state index in [2.05, 4.69) is 28.1 Å². The van der Waals surface area contributed by atoms with Gasteiger partial charge in [-0.15, -0.1) is 23.2 Å². The standard InChI is InChI=1S/C28H31Cl2FN6O2S.HI/c1-36-25-6-4-18(28(39)34-19-5-7-24(21(31)15-19)37(11-9-29)12-10-30)14-22(25)35-27(36)23-16-20(17-32-23)33-26(38)8-13-40(2)3;/h4-7,14-17H,8-13H2,1-3H3,(H2-,32,33,34,35,38,39);1H. The average Bonchev–Trinajstić information content (AvgIpc) is 3.51. The van der Waals surface area contributed by atoms with Crippen molar-refractivity contribution in [1.29, 1.82) is 0 Å². The number of halogens is 4. The zero-order chi connectivity index (χ0) is 28.8. The van der Waals surface area contributed by atoms with Gasteiger partial charge in [0.1, 0.15) is 11.6 Å². The van der Waals surface area contributed by atoms with E-state index in [4.69, 9.17) is 28.2 Å². The number of aryl methyl sites for hydroxylation is 1. The minimum absolute atomic E-state index is 0. The van der Waals surface area contributed by atoms with Gasteiger partial charge >= 0.3 is 0 Å². The Hall–Kier alpha value is -2.48. The largest absolute Gasteiger partial charge is 1.00 e. The normalized spacial score (nSPS) is 11.0. The Morgan fingerprint density at radius 3 is 2.44 bits per heavy atom. The van der Waals surface area contributed by atoms with E-state index >= 15 is 0 Å². The maximum absolute atomic E-state index is 14.8. The molecule has 0 unspecified atom stereocenters. The fourth-order valence-corrected chi connectivity index (χ4v) is 5.30. The van der Waals surface area contributed by atoms with Crippen molar-refractivity contribution in [3.63, 3.8) is 0 Å². The number of alkyl halides is 2. The average molecular weight is 733 g/mol. The molecule has 8 nitrogen and oxygen atoms in total. The number of H-pyrrole nitrogens is 1. The molecule has 0 bridgehead atoms. The summed E-state index contributed by atoms with van der Waals surface area (Å²) in [6.07, 6.45) is 6.44. The third kappa shape index (κ3) is 8.30. The van der Waals surface area contributed by atoms with Gasteiger partial charge < -0.3 is 49.1 Å². The Morgan fingerprint density at radius 1 is 1.05 bits per heavy atom. The first-order chi connectivity index (χ1) is 19.2. The first kappa shape index (κ1) is 33.0. The summed E-state index contributed by atoms with van der Waals surface area (Å²) in [4.78, 5) is 34.9. The maximum atomic E-state index is 14.8. The molecular weight excluding hydrogens is 701 g/mol. The number of fused-ring (bicyclic) bond motifs is 1. The first-order valence-corrected chi connectivity index (χ1v) is 15.9. The van der Waals surface area contributed by atoms with Crippen molar-refractivity contribution in [3.05, 3.63) is 60.0 Å². The monoisotopic (exact) mass is 732 g/mol. The lowest BCUT2D eigenvalue weighted by Crippen LogP contribution is -3.00. The summed E-state index contributed by atoms with van der Waals surface area (Å²) in [6.45, 7) is 0.917. The number of rotatable bonds is 12. The quantitative estimate of drug-likeness (QED) is 0.119. The van der Waals surface area contributed by atoms with Crippen LogP contribution in [0, 0.1) is 5.82 Å². The second-order valence-electron chi connectivity index (χ2n) is 9.47. The Balaban J connectivity index is 0.00000462. The van der Waals surface area contributed by atoms with Gasteiger partial charge in [-0.1, -0.05) is 0 Å². The number of amides is 2. The molecule has 4 rings (SSSR count). The second kappa shape index (κ2) is 15.1.